The summed E-state index contributed by atoms with van der Waals surface area (Å²) in [7, 11) is 0.500. The Kier molecular flexibility index (Phi) is 19.3. The summed E-state index contributed by atoms with van der Waals surface area (Å²) in [6.45, 7) is 15.0. The molecule has 210 valence electrons. The van der Waals surface area contributed by atoms with E-state index in [1.54, 1.807) is 12.2 Å². The summed E-state index contributed by atoms with van der Waals surface area (Å²) in [6, 6.07) is 1.62. The normalized spacial score (nSPS) is 15.3. The highest BCUT2D eigenvalue weighted by molar-refractivity contribution is 5.33. The molecule has 1 aliphatic carbocycles. The first kappa shape index (κ1) is 36.5. The van der Waals surface area contributed by atoms with Gasteiger partial charge in [0.1, 0.15) is 17.2 Å². The summed E-state index contributed by atoms with van der Waals surface area (Å²) in [6.07, 6.45) is 4.49. The summed E-state index contributed by atoms with van der Waals surface area (Å²) >= 11 is 0. The molecule has 0 saturated carbocycles. The molecule has 0 aromatic heterocycles. The van der Waals surface area contributed by atoms with Crippen molar-refractivity contribution < 1.29 is 35.5 Å². The number of ether oxygens (including phenoxy) is 1. The summed E-state index contributed by atoms with van der Waals surface area (Å²) in [4.78, 5) is 0. The fourth-order valence-corrected chi connectivity index (χ4v) is 3.46. The molecular formula is C29H39F7O. The largest absolute Gasteiger partial charge is 0.389 e. The first-order chi connectivity index (χ1) is 17.5. The summed E-state index contributed by atoms with van der Waals surface area (Å²) < 4.78 is 95.5. The number of rotatable bonds is 9. The van der Waals surface area contributed by atoms with Crippen LogP contribution in [0.25, 0.3) is 0 Å². The number of hydrogen-bond donors (Lipinski definition) is 0. The zero-order valence-electron chi connectivity index (χ0n) is 22.5. The van der Waals surface area contributed by atoms with Crippen molar-refractivity contribution >= 4 is 0 Å². The van der Waals surface area contributed by atoms with Gasteiger partial charge in [0, 0.05) is 0 Å². The van der Waals surface area contributed by atoms with Crippen LogP contribution in [-0.4, -0.2) is 13.8 Å². The third-order valence-electron chi connectivity index (χ3n) is 4.90. The molecule has 37 heavy (non-hydrogen) atoms. The van der Waals surface area contributed by atoms with Crippen molar-refractivity contribution in [3.8, 4) is 0 Å². The zero-order chi connectivity index (χ0) is 29.2. The summed E-state index contributed by atoms with van der Waals surface area (Å²) in [5.74, 6) is -5.36. The molecule has 1 nitrogen and oxygen atoms in total. The second-order valence-electron chi connectivity index (χ2n) is 7.73. The van der Waals surface area contributed by atoms with E-state index in [1.807, 2.05) is 26.8 Å². The zero-order valence-corrected chi connectivity index (χ0v) is 22.5. The number of allylic oxidation sites excluding steroid dienone is 7. The lowest BCUT2D eigenvalue weighted by atomic mass is 10.0. The van der Waals surface area contributed by atoms with Gasteiger partial charge in [-0.05, 0) is 67.9 Å². The van der Waals surface area contributed by atoms with E-state index in [1.165, 1.54) is 11.1 Å². The molecule has 0 fully saturated rings. The second-order valence-corrected chi connectivity index (χ2v) is 7.73. The molecule has 8 heteroatoms. The summed E-state index contributed by atoms with van der Waals surface area (Å²) in [5.41, 5.74) is 1.16. The number of halogens is 7. The predicted molar refractivity (Wildman–Crippen MR) is 138 cm³/mol. The highest BCUT2D eigenvalue weighted by atomic mass is 19.3. The van der Waals surface area contributed by atoms with Crippen LogP contribution in [0, 0.1) is 17.6 Å². The van der Waals surface area contributed by atoms with E-state index >= 15 is 0 Å². The number of alkyl halides is 3. The van der Waals surface area contributed by atoms with Gasteiger partial charge in [0.05, 0.1) is 13.8 Å². The SMILES string of the molecule is C=C(F)/C(F)=C\COC(F)(F)c1c(F)cc(C/C=C\C2=C(CC)CC(C)C2)cc1F.C=CC.CC.CF. The smallest absolute Gasteiger partial charge is 0.312 e. The van der Waals surface area contributed by atoms with Crippen LogP contribution in [0.15, 0.2) is 72.4 Å². The van der Waals surface area contributed by atoms with Crippen LogP contribution in [0.2, 0.25) is 0 Å². The minimum Gasteiger partial charge on any atom is -0.312 e. The van der Waals surface area contributed by atoms with Crippen LogP contribution in [-0.2, 0) is 17.3 Å². The molecule has 1 unspecified atom stereocenters. The van der Waals surface area contributed by atoms with E-state index in [0.717, 1.165) is 31.4 Å². The lowest BCUT2D eigenvalue weighted by Crippen LogP contribution is -2.22. The maximum atomic E-state index is 14.2. The van der Waals surface area contributed by atoms with E-state index < -0.39 is 41.6 Å². The predicted octanol–water partition coefficient (Wildman–Crippen LogP) is 10.4. The Morgan fingerprint density at radius 3 is 2.08 bits per heavy atom. The minimum absolute atomic E-state index is 0.169. The van der Waals surface area contributed by atoms with Crippen LogP contribution in [0.5, 0.6) is 0 Å². The average Bonchev–Trinajstić information content (AvgIpc) is 3.20. The average molecular weight is 537 g/mol. The van der Waals surface area contributed by atoms with Crippen LogP contribution in [0.1, 0.15) is 65.0 Å². The Morgan fingerprint density at radius 1 is 1.11 bits per heavy atom. The Labute approximate surface area is 217 Å². The molecule has 0 spiro atoms. The van der Waals surface area contributed by atoms with Gasteiger partial charge in [-0.3, -0.25) is 4.39 Å². The molecule has 0 saturated heterocycles. The van der Waals surface area contributed by atoms with Gasteiger partial charge in [-0.25, -0.2) is 17.6 Å². The van der Waals surface area contributed by atoms with Crippen LogP contribution in [0.4, 0.5) is 30.7 Å². The summed E-state index contributed by atoms with van der Waals surface area (Å²) in [5, 5.41) is 0. The molecule has 0 bridgehead atoms. The molecular weight excluding hydrogens is 497 g/mol. The molecule has 0 radical (unpaired) electrons. The fourth-order valence-electron chi connectivity index (χ4n) is 3.46. The van der Waals surface area contributed by atoms with Gasteiger partial charge in [0.2, 0.25) is 0 Å². The molecule has 0 N–H and O–H groups in total. The van der Waals surface area contributed by atoms with Gasteiger partial charge < -0.3 is 4.74 Å². The van der Waals surface area contributed by atoms with E-state index in [0.29, 0.717) is 19.2 Å². The van der Waals surface area contributed by atoms with Crippen LogP contribution >= 0.6 is 0 Å². The first-order valence-electron chi connectivity index (χ1n) is 12.0. The molecule has 0 heterocycles. The lowest BCUT2D eigenvalue weighted by molar-refractivity contribution is -0.245. The quantitative estimate of drug-likeness (QED) is 0.173. The van der Waals surface area contributed by atoms with Crippen LogP contribution < -0.4 is 0 Å². The van der Waals surface area contributed by atoms with Crippen LogP contribution in [0.3, 0.4) is 0 Å². The van der Waals surface area contributed by atoms with Gasteiger partial charge in [-0.2, -0.15) is 8.78 Å². The lowest BCUT2D eigenvalue weighted by Gasteiger charge is -2.18. The molecule has 1 aromatic carbocycles. The fraction of sp³-hybridized carbons (Fsp3) is 0.448. The molecule has 1 atom stereocenters. The van der Waals surface area contributed by atoms with Gasteiger partial charge >= 0.3 is 6.11 Å². The molecule has 1 aliphatic rings. The van der Waals surface area contributed by atoms with Gasteiger partial charge in [0.15, 0.2) is 11.7 Å². The standard InChI is InChI=1S/C23H24F6O.C3H6.C2H6.CH3F/c1-4-17-10-14(2)11-18(17)7-5-6-16-12-20(26)22(21(27)13-16)23(28,29)30-9-8-19(25)15(3)24;1-3-2;2*1-2/h5,7-8,12-14H,3-4,6,9-11H2,1-2H3;3H,1H2,2H3;1-2H3;1H3/b7-5-,19-8+;;;. The van der Waals surface area contributed by atoms with Crippen molar-refractivity contribution in [3.05, 3.63) is 95.2 Å². The van der Waals surface area contributed by atoms with Crippen molar-refractivity contribution in [2.75, 3.05) is 13.8 Å². The number of hydrogen-bond acceptors (Lipinski definition) is 1. The Morgan fingerprint density at radius 2 is 1.62 bits per heavy atom. The third kappa shape index (κ3) is 13.0. The second kappa shape index (κ2) is 19.5. The van der Waals surface area contributed by atoms with E-state index in [4.69, 9.17) is 0 Å². The van der Waals surface area contributed by atoms with E-state index in [9.17, 15) is 30.7 Å². The van der Waals surface area contributed by atoms with Gasteiger partial charge in [-0.1, -0.05) is 58.1 Å². The molecule has 2 rings (SSSR count). The third-order valence-corrected chi connectivity index (χ3v) is 4.90. The molecule has 0 aliphatic heterocycles. The van der Waals surface area contributed by atoms with Crippen molar-refractivity contribution in [2.45, 2.75) is 66.4 Å². The van der Waals surface area contributed by atoms with Gasteiger partial charge in [0.25, 0.3) is 0 Å². The maximum absolute atomic E-state index is 14.2. The molecule has 0 amide bonds. The van der Waals surface area contributed by atoms with Crippen molar-refractivity contribution in [1.82, 2.24) is 0 Å². The minimum atomic E-state index is -4.36. The first-order valence-corrected chi connectivity index (χ1v) is 12.0. The van der Waals surface area contributed by atoms with Crippen molar-refractivity contribution in [1.29, 1.82) is 0 Å². The Bertz CT molecular complexity index is 907. The van der Waals surface area contributed by atoms with Gasteiger partial charge in [-0.15, -0.1) is 6.58 Å². The highest BCUT2D eigenvalue weighted by Gasteiger charge is 2.39. The maximum Gasteiger partial charge on any atom is 0.389 e. The van der Waals surface area contributed by atoms with E-state index in [-0.39, 0.29) is 12.0 Å². The number of benzene rings is 1. The Balaban J connectivity index is 0. The van der Waals surface area contributed by atoms with E-state index in [2.05, 4.69) is 31.7 Å². The Hall–Kier alpha value is -2.61. The van der Waals surface area contributed by atoms with Crippen molar-refractivity contribution in [3.63, 3.8) is 0 Å². The monoisotopic (exact) mass is 536 g/mol. The van der Waals surface area contributed by atoms with Crippen molar-refractivity contribution in [2.24, 2.45) is 5.92 Å². The molecule has 1 aromatic rings. The highest BCUT2D eigenvalue weighted by Crippen LogP contribution is 2.35. The topological polar surface area (TPSA) is 9.23 Å².